The summed E-state index contributed by atoms with van der Waals surface area (Å²) < 4.78 is 10.9. The van der Waals surface area contributed by atoms with E-state index in [0.29, 0.717) is 12.5 Å². The van der Waals surface area contributed by atoms with Gasteiger partial charge < -0.3 is 19.4 Å². The molecule has 1 aliphatic carbocycles. The summed E-state index contributed by atoms with van der Waals surface area (Å²) in [5.74, 6) is 2.21. The highest BCUT2D eigenvalue weighted by Gasteiger charge is 2.28. The van der Waals surface area contributed by atoms with Gasteiger partial charge in [0, 0.05) is 17.6 Å². The number of nitrogens with zero attached hydrogens (tertiary/aromatic N) is 1. The van der Waals surface area contributed by atoms with E-state index in [1.165, 1.54) is 18.4 Å². The average molecular weight is 354 g/mol. The number of anilines is 1. The van der Waals surface area contributed by atoms with E-state index in [4.69, 9.17) is 9.15 Å². The molecule has 2 amide bonds. The van der Waals surface area contributed by atoms with Crippen molar-refractivity contribution in [1.82, 2.24) is 4.90 Å². The summed E-state index contributed by atoms with van der Waals surface area (Å²) in [5.41, 5.74) is 2.10. The van der Waals surface area contributed by atoms with Crippen molar-refractivity contribution >= 4 is 11.7 Å². The van der Waals surface area contributed by atoms with Crippen molar-refractivity contribution in [1.29, 1.82) is 0 Å². The highest BCUT2D eigenvalue weighted by Crippen LogP contribution is 2.27. The van der Waals surface area contributed by atoms with Crippen molar-refractivity contribution in [2.45, 2.75) is 51.1 Å². The summed E-state index contributed by atoms with van der Waals surface area (Å²) in [6.45, 7) is 4.04. The number of amides is 2. The van der Waals surface area contributed by atoms with E-state index in [9.17, 15) is 4.79 Å². The van der Waals surface area contributed by atoms with Gasteiger partial charge in [-0.05, 0) is 49.6 Å². The summed E-state index contributed by atoms with van der Waals surface area (Å²) in [6.07, 6.45) is 4.50. The number of carbonyl (C=O) groups is 1. The molecule has 1 aromatic carbocycles. The van der Waals surface area contributed by atoms with E-state index >= 15 is 0 Å². The van der Waals surface area contributed by atoms with Crippen LogP contribution in [-0.4, -0.2) is 30.2 Å². The van der Waals surface area contributed by atoms with Crippen molar-refractivity contribution in [3.63, 3.8) is 0 Å². The Bertz CT molecular complexity index is 743. The lowest BCUT2D eigenvalue weighted by atomic mass is 9.97. The van der Waals surface area contributed by atoms with Gasteiger partial charge in [-0.3, -0.25) is 0 Å². The lowest BCUT2D eigenvalue weighted by Crippen LogP contribution is -2.41. The maximum atomic E-state index is 13.0. The third-order valence-corrected chi connectivity index (χ3v) is 5.42. The second-order valence-electron chi connectivity index (χ2n) is 7.37. The topological polar surface area (TPSA) is 54.7 Å². The first-order chi connectivity index (χ1) is 12.7. The molecule has 1 N–H and O–H groups in total. The van der Waals surface area contributed by atoms with Gasteiger partial charge in [0.05, 0.1) is 19.8 Å². The molecule has 138 valence electrons. The maximum Gasteiger partial charge on any atom is 0.322 e. The van der Waals surface area contributed by atoms with Crippen molar-refractivity contribution in [3.05, 3.63) is 53.5 Å². The Kier molecular flexibility index (Phi) is 4.98. The highest BCUT2D eigenvalue weighted by molar-refractivity contribution is 5.89. The molecular formula is C21H26N2O3. The zero-order chi connectivity index (χ0) is 17.9. The Labute approximate surface area is 154 Å². The van der Waals surface area contributed by atoms with Crippen LogP contribution in [0.15, 0.2) is 40.8 Å². The molecule has 1 saturated heterocycles. The van der Waals surface area contributed by atoms with Gasteiger partial charge in [-0.1, -0.05) is 25.0 Å². The van der Waals surface area contributed by atoms with Crippen LogP contribution >= 0.6 is 0 Å². The Morgan fingerprint density at radius 2 is 1.85 bits per heavy atom. The predicted molar refractivity (Wildman–Crippen MR) is 100 cm³/mol. The van der Waals surface area contributed by atoms with Gasteiger partial charge in [0.15, 0.2) is 0 Å². The first kappa shape index (κ1) is 17.2. The number of urea groups is 1. The van der Waals surface area contributed by atoms with Gasteiger partial charge in [-0.25, -0.2) is 4.79 Å². The van der Waals surface area contributed by atoms with Crippen LogP contribution in [0.3, 0.4) is 0 Å². The fourth-order valence-electron chi connectivity index (χ4n) is 3.78. The van der Waals surface area contributed by atoms with Gasteiger partial charge >= 0.3 is 6.03 Å². The molecule has 1 saturated carbocycles. The molecule has 1 aliphatic heterocycles. The summed E-state index contributed by atoms with van der Waals surface area (Å²) in [7, 11) is 0. The molecule has 2 fully saturated rings. The number of hydrogen-bond donors (Lipinski definition) is 1. The normalized spacial score (nSPS) is 17.9. The number of ether oxygens (including phenoxy) is 1. The van der Waals surface area contributed by atoms with Crippen LogP contribution in [0, 0.1) is 6.92 Å². The molecule has 5 heteroatoms. The molecule has 2 aliphatic rings. The van der Waals surface area contributed by atoms with Crippen LogP contribution in [0.2, 0.25) is 0 Å². The molecule has 2 heterocycles. The molecule has 0 unspecified atom stereocenters. The largest absolute Gasteiger partial charge is 0.464 e. The fourth-order valence-corrected chi connectivity index (χ4v) is 3.78. The van der Waals surface area contributed by atoms with E-state index in [1.54, 1.807) is 0 Å². The minimum Gasteiger partial charge on any atom is -0.464 e. The number of benzene rings is 1. The Morgan fingerprint density at radius 1 is 1.12 bits per heavy atom. The van der Waals surface area contributed by atoms with E-state index in [2.05, 4.69) is 17.4 Å². The number of rotatable bonds is 5. The van der Waals surface area contributed by atoms with Crippen molar-refractivity contribution in [2.24, 2.45) is 0 Å². The van der Waals surface area contributed by atoms with E-state index in [0.717, 1.165) is 43.3 Å². The number of furan rings is 1. The van der Waals surface area contributed by atoms with Crippen molar-refractivity contribution in [3.8, 4) is 0 Å². The molecular weight excluding hydrogens is 328 g/mol. The lowest BCUT2D eigenvalue weighted by Gasteiger charge is -2.29. The third-order valence-electron chi connectivity index (χ3n) is 5.42. The van der Waals surface area contributed by atoms with Crippen LogP contribution in [0.4, 0.5) is 10.5 Å². The van der Waals surface area contributed by atoms with Gasteiger partial charge in [-0.2, -0.15) is 0 Å². The molecule has 2 aromatic rings. The number of nitrogens with one attached hydrogen (secondary N) is 1. The predicted octanol–water partition coefficient (Wildman–Crippen LogP) is 4.68. The molecule has 1 aromatic heterocycles. The molecule has 0 radical (unpaired) electrons. The first-order valence-electron chi connectivity index (χ1n) is 9.50. The Hall–Kier alpha value is -2.27. The molecule has 5 nitrogen and oxygen atoms in total. The number of aryl methyl sites for hydroxylation is 1. The van der Waals surface area contributed by atoms with Crippen LogP contribution in [-0.2, 0) is 11.3 Å². The fraction of sp³-hybridized carbons (Fsp3) is 0.476. The second kappa shape index (κ2) is 7.54. The summed E-state index contributed by atoms with van der Waals surface area (Å²) in [4.78, 5) is 14.9. The van der Waals surface area contributed by atoms with Gasteiger partial charge in [-0.15, -0.1) is 0 Å². The van der Waals surface area contributed by atoms with E-state index in [-0.39, 0.29) is 12.1 Å². The Balaban J connectivity index is 1.44. The van der Waals surface area contributed by atoms with Crippen LogP contribution in [0.5, 0.6) is 0 Å². The van der Waals surface area contributed by atoms with Crippen LogP contribution in [0.1, 0.15) is 48.7 Å². The molecule has 4 rings (SSSR count). The molecule has 0 bridgehead atoms. The zero-order valence-corrected chi connectivity index (χ0v) is 15.2. The smallest absolute Gasteiger partial charge is 0.322 e. The van der Waals surface area contributed by atoms with Gasteiger partial charge in [0.1, 0.15) is 11.5 Å². The summed E-state index contributed by atoms with van der Waals surface area (Å²) in [5, 5.41) is 3.06. The third kappa shape index (κ3) is 3.78. The summed E-state index contributed by atoms with van der Waals surface area (Å²) >= 11 is 0. The number of hydrogen-bond acceptors (Lipinski definition) is 3. The summed E-state index contributed by atoms with van der Waals surface area (Å²) in [6, 6.07) is 12.3. The van der Waals surface area contributed by atoms with E-state index in [1.807, 2.05) is 36.1 Å². The monoisotopic (exact) mass is 354 g/mol. The SMILES string of the molecule is Cc1ccc(CN(C(=O)Nc2ccc(C3COC3)cc2)C2CCCC2)o1. The molecule has 0 atom stereocenters. The van der Waals surface area contributed by atoms with Crippen molar-refractivity contribution < 1.29 is 13.9 Å². The van der Waals surface area contributed by atoms with Crippen molar-refractivity contribution in [2.75, 3.05) is 18.5 Å². The second-order valence-corrected chi connectivity index (χ2v) is 7.37. The lowest BCUT2D eigenvalue weighted by molar-refractivity contribution is 0.00843. The number of carbonyl (C=O) groups excluding carboxylic acids is 1. The highest BCUT2D eigenvalue weighted by atomic mass is 16.5. The first-order valence-corrected chi connectivity index (χ1v) is 9.50. The standard InChI is InChI=1S/C21H26N2O3/c1-15-6-11-20(26-15)12-23(19-4-2-3-5-19)21(24)22-18-9-7-16(8-10-18)17-13-25-14-17/h6-11,17,19H,2-5,12-14H2,1H3,(H,22,24). The van der Waals surface area contributed by atoms with E-state index < -0.39 is 0 Å². The van der Waals surface area contributed by atoms with Gasteiger partial charge in [0.25, 0.3) is 0 Å². The molecule has 0 spiro atoms. The minimum atomic E-state index is -0.0503. The quantitative estimate of drug-likeness (QED) is 0.848. The van der Waals surface area contributed by atoms with Gasteiger partial charge in [0.2, 0.25) is 0 Å². The maximum absolute atomic E-state index is 13.0. The average Bonchev–Trinajstić information content (AvgIpc) is 3.24. The minimum absolute atomic E-state index is 0.0503. The Morgan fingerprint density at radius 3 is 2.42 bits per heavy atom. The van der Waals surface area contributed by atoms with Crippen LogP contribution in [0.25, 0.3) is 0 Å². The van der Waals surface area contributed by atoms with Crippen LogP contribution < -0.4 is 5.32 Å². The zero-order valence-electron chi connectivity index (χ0n) is 15.2. The molecule has 26 heavy (non-hydrogen) atoms.